The van der Waals surface area contributed by atoms with E-state index in [1.807, 2.05) is 18.2 Å². The van der Waals surface area contributed by atoms with E-state index in [4.69, 9.17) is 0 Å². The van der Waals surface area contributed by atoms with Crippen LogP contribution in [0, 0.1) is 18.1 Å². The van der Waals surface area contributed by atoms with Gasteiger partial charge in [-0.25, -0.2) is 0 Å². The second-order valence-corrected chi connectivity index (χ2v) is 3.20. The van der Waals surface area contributed by atoms with Crippen molar-refractivity contribution in [2.45, 2.75) is 33.1 Å². The molecule has 0 nitrogen and oxygen atoms in total. The Bertz CT molecular complexity index is 197. The highest BCUT2D eigenvalue weighted by Gasteiger charge is 2.03. The van der Waals surface area contributed by atoms with Crippen LogP contribution in [-0.2, 0) is 6.42 Å². The fraction of sp³-hybridized carbons (Fsp3) is 0.500. The smallest absolute Gasteiger partial charge is 0.0149 e. The van der Waals surface area contributed by atoms with Gasteiger partial charge in [-0.05, 0) is 30.0 Å². The van der Waals surface area contributed by atoms with Crippen molar-refractivity contribution in [2.24, 2.45) is 5.92 Å². The van der Waals surface area contributed by atoms with Crippen molar-refractivity contribution in [1.82, 2.24) is 0 Å². The SMILES string of the molecule is CCC(CC)Cc1[c]cc[c]c1. The summed E-state index contributed by atoms with van der Waals surface area (Å²) in [5.74, 6) is 0.817. The number of hydrogen-bond acceptors (Lipinski definition) is 0. The maximum atomic E-state index is 3.24. The second kappa shape index (κ2) is 4.97. The standard InChI is InChI=1S/C12H16/c1-3-11(4-2)10-12-8-6-5-7-9-12/h5-6,9,11H,3-4,10H2,1-2H3. The van der Waals surface area contributed by atoms with Crippen LogP contribution in [0.2, 0.25) is 0 Å². The van der Waals surface area contributed by atoms with E-state index in [-0.39, 0.29) is 0 Å². The molecule has 2 radical (unpaired) electrons. The lowest BCUT2D eigenvalue weighted by Crippen LogP contribution is -2.01. The summed E-state index contributed by atoms with van der Waals surface area (Å²) in [7, 11) is 0. The Balaban J connectivity index is 2.51. The zero-order chi connectivity index (χ0) is 8.81. The molecular weight excluding hydrogens is 144 g/mol. The molecule has 0 aliphatic carbocycles. The molecule has 0 saturated carbocycles. The summed E-state index contributed by atoms with van der Waals surface area (Å²) in [6.07, 6.45) is 3.68. The highest BCUT2D eigenvalue weighted by Crippen LogP contribution is 2.14. The van der Waals surface area contributed by atoms with E-state index in [9.17, 15) is 0 Å². The molecule has 0 aliphatic rings. The van der Waals surface area contributed by atoms with Crippen molar-refractivity contribution < 1.29 is 0 Å². The van der Waals surface area contributed by atoms with Crippen molar-refractivity contribution in [3.05, 3.63) is 35.9 Å². The minimum atomic E-state index is 0.817. The van der Waals surface area contributed by atoms with Gasteiger partial charge in [0.15, 0.2) is 0 Å². The van der Waals surface area contributed by atoms with Gasteiger partial charge in [-0.3, -0.25) is 0 Å². The van der Waals surface area contributed by atoms with E-state index in [0.29, 0.717) is 0 Å². The molecular formula is C12H16. The number of benzene rings is 1. The van der Waals surface area contributed by atoms with Gasteiger partial charge in [-0.15, -0.1) is 0 Å². The van der Waals surface area contributed by atoms with Crippen LogP contribution >= 0.6 is 0 Å². The third kappa shape index (κ3) is 2.69. The van der Waals surface area contributed by atoms with Gasteiger partial charge in [0.25, 0.3) is 0 Å². The lowest BCUT2D eigenvalue weighted by molar-refractivity contribution is 0.490. The van der Waals surface area contributed by atoms with Crippen LogP contribution in [0.3, 0.4) is 0 Å². The molecule has 0 saturated heterocycles. The molecule has 64 valence electrons. The summed E-state index contributed by atoms with van der Waals surface area (Å²) in [5, 5.41) is 0. The lowest BCUT2D eigenvalue weighted by Gasteiger charge is -2.10. The summed E-state index contributed by atoms with van der Waals surface area (Å²) in [6, 6.07) is 12.2. The van der Waals surface area contributed by atoms with Crippen LogP contribution in [0.5, 0.6) is 0 Å². The van der Waals surface area contributed by atoms with E-state index in [2.05, 4.69) is 26.0 Å². The van der Waals surface area contributed by atoms with Crippen LogP contribution in [0.4, 0.5) is 0 Å². The van der Waals surface area contributed by atoms with Gasteiger partial charge >= 0.3 is 0 Å². The quantitative estimate of drug-likeness (QED) is 0.634. The fourth-order valence-electron chi connectivity index (χ4n) is 1.39. The molecule has 0 atom stereocenters. The first kappa shape index (κ1) is 9.31. The predicted octanol–water partition coefficient (Wildman–Crippen LogP) is 3.27. The molecule has 0 aliphatic heterocycles. The Hall–Kier alpha value is -0.780. The molecule has 0 unspecified atom stereocenters. The van der Waals surface area contributed by atoms with E-state index < -0.39 is 0 Å². The molecule has 0 spiro atoms. The van der Waals surface area contributed by atoms with E-state index >= 15 is 0 Å². The van der Waals surface area contributed by atoms with E-state index in [0.717, 1.165) is 12.3 Å². The first-order valence-corrected chi connectivity index (χ1v) is 4.73. The monoisotopic (exact) mass is 160 g/mol. The van der Waals surface area contributed by atoms with E-state index in [1.165, 1.54) is 18.4 Å². The molecule has 1 rings (SSSR count). The average molecular weight is 160 g/mol. The zero-order valence-corrected chi connectivity index (χ0v) is 7.93. The van der Waals surface area contributed by atoms with Crippen LogP contribution in [0.25, 0.3) is 0 Å². The second-order valence-electron chi connectivity index (χ2n) is 3.20. The molecule has 12 heavy (non-hydrogen) atoms. The molecule has 0 N–H and O–H groups in total. The highest BCUT2D eigenvalue weighted by atomic mass is 14.1. The number of hydrogen-bond donors (Lipinski definition) is 0. The third-order valence-corrected chi connectivity index (χ3v) is 2.37. The van der Waals surface area contributed by atoms with Crippen LogP contribution in [0.1, 0.15) is 32.3 Å². The Kier molecular flexibility index (Phi) is 3.86. The molecule has 0 fully saturated rings. The van der Waals surface area contributed by atoms with Gasteiger partial charge in [0.2, 0.25) is 0 Å². The Morgan fingerprint density at radius 3 is 2.50 bits per heavy atom. The fourth-order valence-corrected chi connectivity index (χ4v) is 1.39. The van der Waals surface area contributed by atoms with Crippen molar-refractivity contribution in [3.8, 4) is 0 Å². The summed E-state index contributed by atoms with van der Waals surface area (Å²) in [6.45, 7) is 4.50. The molecule has 0 aromatic heterocycles. The molecule has 1 aromatic rings. The molecule has 0 bridgehead atoms. The van der Waals surface area contributed by atoms with Gasteiger partial charge < -0.3 is 0 Å². The first-order chi connectivity index (χ1) is 5.86. The van der Waals surface area contributed by atoms with Gasteiger partial charge in [-0.1, -0.05) is 44.9 Å². The maximum absolute atomic E-state index is 3.24. The Morgan fingerprint density at radius 1 is 1.25 bits per heavy atom. The van der Waals surface area contributed by atoms with Gasteiger partial charge in [0, 0.05) is 0 Å². The first-order valence-electron chi connectivity index (χ1n) is 4.73. The Morgan fingerprint density at radius 2 is 2.00 bits per heavy atom. The minimum Gasteiger partial charge on any atom is -0.0651 e. The van der Waals surface area contributed by atoms with Gasteiger partial charge in [0.1, 0.15) is 0 Å². The van der Waals surface area contributed by atoms with Crippen LogP contribution in [0.15, 0.2) is 18.2 Å². The topological polar surface area (TPSA) is 0 Å². The summed E-state index contributed by atoms with van der Waals surface area (Å²) >= 11 is 0. The van der Waals surface area contributed by atoms with Crippen molar-refractivity contribution in [2.75, 3.05) is 0 Å². The summed E-state index contributed by atoms with van der Waals surface area (Å²) in [5.41, 5.74) is 1.30. The van der Waals surface area contributed by atoms with Gasteiger partial charge in [0.05, 0.1) is 0 Å². The summed E-state index contributed by atoms with van der Waals surface area (Å²) in [4.78, 5) is 0. The zero-order valence-electron chi connectivity index (χ0n) is 7.93. The summed E-state index contributed by atoms with van der Waals surface area (Å²) < 4.78 is 0. The van der Waals surface area contributed by atoms with E-state index in [1.54, 1.807) is 0 Å². The average Bonchev–Trinajstić information content (AvgIpc) is 2.16. The van der Waals surface area contributed by atoms with Crippen molar-refractivity contribution in [1.29, 1.82) is 0 Å². The van der Waals surface area contributed by atoms with Crippen molar-refractivity contribution in [3.63, 3.8) is 0 Å². The van der Waals surface area contributed by atoms with Gasteiger partial charge in [-0.2, -0.15) is 0 Å². The van der Waals surface area contributed by atoms with Crippen molar-refractivity contribution >= 4 is 0 Å². The highest BCUT2D eigenvalue weighted by molar-refractivity contribution is 5.12. The lowest BCUT2D eigenvalue weighted by atomic mass is 9.95. The van der Waals surface area contributed by atoms with Crippen LogP contribution < -0.4 is 0 Å². The molecule has 0 amide bonds. The molecule has 0 heteroatoms. The third-order valence-electron chi connectivity index (χ3n) is 2.37. The normalized spacial score (nSPS) is 10.6. The molecule has 0 heterocycles. The Labute approximate surface area is 75.6 Å². The predicted molar refractivity (Wildman–Crippen MR) is 51.9 cm³/mol. The van der Waals surface area contributed by atoms with Crippen LogP contribution in [-0.4, -0.2) is 0 Å². The largest absolute Gasteiger partial charge is 0.0651 e. The minimum absolute atomic E-state index is 0.817. The maximum Gasteiger partial charge on any atom is -0.0149 e. The molecule has 1 aromatic carbocycles. The number of rotatable bonds is 4.